The molecule has 4 heteroatoms. The summed E-state index contributed by atoms with van der Waals surface area (Å²) in [6.07, 6.45) is 6.86. The van der Waals surface area contributed by atoms with E-state index in [9.17, 15) is 0 Å². The van der Waals surface area contributed by atoms with Crippen LogP contribution in [0.25, 0.3) is 0 Å². The smallest absolute Gasteiger partial charge is 0.179 e. The molecule has 0 saturated heterocycles. The Morgan fingerprint density at radius 1 is 1.50 bits per heavy atom. The van der Waals surface area contributed by atoms with E-state index in [1.165, 1.54) is 0 Å². The molecular weight excluding hydrogens is 152 g/mol. The molecule has 0 saturated carbocycles. The molecule has 0 aliphatic carbocycles. The first kappa shape index (κ1) is 8.52. The molecule has 0 bridgehead atoms. The summed E-state index contributed by atoms with van der Waals surface area (Å²) in [4.78, 5) is 12.0. The largest absolute Gasteiger partial charge is 0.306 e. The predicted octanol–water partition coefficient (Wildman–Crippen LogP) is 1.59. The Hall–Kier alpha value is -1.58. The second kappa shape index (κ2) is 4.33. The average molecular weight is 162 g/mol. The van der Waals surface area contributed by atoms with E-state index in [1.54, 1.807) is 18.6 Å². The number of hydrogen-bond acceptors (Lipinski definition) is 4. The molecule has 1 N–H and O–H groups in total. The van der Waals surface area contributed by atoms with Crippen molar-refractivity contribution in [2.24, 2.45) is 4.99 Å². The summed E-state index contributed by atoms with van der Waals surface area (Å²) in [7, 11) is 0. The van der Waals surface area contributed by atoms with Crippen molar-refractivity contribution >= 4 is 18.2 Å². The summed E-state index contributed by atoms with van der Waals surface area (Å²) in [5, 5.41) is 7.02. The van der Waals surface area contributed by atoms with Gasteiger partial charge in [-0.3, -0.25) is 0 Å². The predicted molar refractivity (Wildman–Crippen MR) is 48.4 cm³/mol. The molecule has 62 valence electrons. The Morgan fingerprint density at radius 2 is 2.25 bits per heavy atom. The molecule has 0 spiro atoms. The Kier molecular flexibility index (Phi) is 3.07. The van der Waals surface area contributed by atoms with Crippen molar-refractivity contribution in [3.8, 4) is 0 Å². The fourth-order valence-corrected chi connectivity index (χ4v) is 0.720. The highest BCUT2D eigenvalue weighted by atomic mass is 14.9. The fraction of sp³-hybridized carbons (Fsp3) is 0.250. The van der Waals surface area contributed by atoms with Crippen LogP contribution in [0.2, 0.25) is 0 Å². The Balaban J connectivity index is 2.96. The SMILES string of the molecule is CC/C=N\c1nccnc1C=N. The highest BCUT2D eigenvalue weighted by Gasteiger charge is 1.97. The zero-order chi connectivity index (χ0) is 8.81. The summed E-state index contributed by atoms with van der Waals surface area (Å²) < 4.78 is 0. The van der Waals surface area contributed by atoms with E-state index in [1.807, 2.05) is 6.92 Å². The van der Waals surface area contributed by atoms with Crippen molar-refractivity contribution in [2.75, 3.05) is 0 Å². The van der Waals surface area contributed by atoms with Crippen molar-refractivity contribution in [3.63, 3.8) is 0 Å². The van der Waals surface area contributed by atoms with Crippen LogP contribution in [0.1, 0.15) is 19.0 Å². The Morgan fingerprint density at radius 3 is 2.92 bits per heavy atom. The van der Waals surface area contributed by atoms with Gasteiger partial charge in [0.05, 0.1) is 0 Å². The zero-order valence-corrected chi connectivity index (χ0v) is 6.86. The summed E-state index contributed by atoms with van der Waals surface area (Å²) >= 11 is 0. The van der Waals surface area contributed by atoms with Gasteiger partial charge in [0, 0.05) is 24.8 Å². The van der Waals surface area contributed by atoms with Gasteiger partial charge in [-0.05, 0) is 6.42 Å². The molecular formula is C8H10N4. The van der Waals surface area contributed by atoms with Crippen LogP contribution in [0.5, 0.6) is 0 Å². The van der Waals surface area contributed by atoms with Gasteiger partial charge < -0.3 is 5.41 Å². The maximum atomic E-state index is 7.02. The molecule has 0 atom stereocenters. The van der Waals surface area contributed by atoms with E-state index in [0.29, 0.717) is 11.5 Å². The van der Waals surface area contributed by atoms with Crippen LogP contribution in [-0.2, 0) is 0 Å². The van der Waals surface area contributed by atoms with E-state index in [4.69, 9.17) is 5.41 Å². The standard InChI is InChI=1S/C8H10N4/c1-2-3-11-8-7(6-9)10-4-5-12-8/h3-6,9H,2H2,1H3/b9-6?,11-3-. The van der Waals surface area contributed by atoms with Gasteiger partial charge >= 0.3 is 0 Å². The molecule has 1 rings (SSSR count). The summed E-state index contributed by atoms with van der Waals surface area (Å²) in [5.74, 6) is 0.509. The zero-order valence-electron chi connectivity index (χ0n) is 6.86. The first-order valence-electron chi connectivity index (χ1n) is 3.72. The monoisotopic (exact) mass is 162 g/mol. The van der Waals surface area contributed by atoms with Gasteiger partial charge in [-0.25, -0.2) is 15.0 Å². The van der Waals surface area contributed by atoms with Gasteiger partial charge in [-0.2, -0.15) is 0 Å². The molecule has 1 heterocycles. The minimum Gasteiger partial charge on any atom is -0.306 e. The third-order valence-electron chi connectivity index (χ3n) is 1.24. The Bertz CT molecular complexity index is 293. The van der Waals surface area contributed by atoms with Crippen molar-refractivity contribution in [1.82, 2.24) is 9.97 Å². The minimum atomic E-state index is 0.502. The number of nitrogens with one attached hydrogen (secondary N) is 1. The lowest BCUT2D eigenvalue weighted by atomic mass is 10.4. The third-order valence-corrected chi connectivity index (χ3v) is 1.24. The number of aromatic nitrogens is 2. The number of aliphatic imine (C=N–C) groups is 1. The van der Waals surface area contributed by atoms with E-state index in [-0.39, 0.29) is 0 Å². The number of hydrogen-bond donors (Lipinski definition) is 1. The van der Waals surface area contributed by atoms with Crippen LogP contribution in [0, 0.1) is 5.41 Å². The van der Waals surface area contributed by atoms with Crippen molar-refractivity contribution in [2.45, 2.75) is 13.3 Å². The topological polar surface area (TPSA) is 62.0 Å². The van der Waals surface area contributed by atoms with Crippen LogP contribution in [0.15, 0.2) is 17.4 Å². The molecule has 0 radical (unpaired) electrons. The first-order valence-corrected chi connectivity index (χ1v) is 3.72. The number of rotatable bonds is 3. The summed E-state index contributed by atoms with van der Waals surface area (Å²) in [6.45, 7) is 1.99. The van der Waals surface area contributed by atoms with E-state index < -0.39 is 0 Å². The maximum absolute atomic E-state index is 7.02. The van der Waals surface area contributed by atoms with Crippen LogP contribution in [0.4, 0.5) is 5.82 Å². The molecule has 0 amide bonds. The molecule has 0 aliphatic rings. The average Bonchev–Trinajstić information content (AvgIpc) is 2.15. The van der Waals surface area contributed by atoms with E-state index in [2.05, 4.69) is 15.0 Å². The molecule has 0 fully saturated rings. The van der Waals surface area contributed by atoms with Crippen molar-refractivity contribution < 1.29 is 0 Å². The molecule has 1 aromatic heterocycles. The molecule has 12 heavy (non-hydrogen) atoms. The molecule has 0 aromatic carbocycles. The van der Waals surface area contributed by atoms with Gasteiger partial charge in [0.15, 0.2) is 5.82 Å². The van der Waals surface area contributed by atoms with Crippen molar-refractivity contribution in [3.05, 3.63) is 18.1 Å². The highest BCUT2D eigenvalue weighted by Crippen LogP contribution is 2.08. The van der Waals surface area contributed by atoms with Gasteiger partial charge in [0.25, 0.3) is 0 Å². The summed E-state index contributed by atoms with van der Waals surface area (Å²) in [6, 6.07) is 0. The lowest BCUT2D eigenvalue weighted by molar-refractivity contribution is 1.15. The maximum Gasteiger partial charge on any atom is 0.179 e. The second-order valence-corrected chi connectivity index (χ2v) is 2.13. The Labute approximate surface area is 70.9 Å². The first-order chi connectivity index (χ1) is 5.88. The van der Waals surface area contributed by atoms with Crippen LogP contribution >= 0.6 is 0 Å². The lowest BCUT2D eigenvalue weighted by Crippen LogP contribution is -1.89. The van der Waals surface area contributed by atoms with Gasteiger partial charge in [0.1, 0.15) is 5.69 Å². The minimum absolute atomic E-state index is 0.502. The molecule has 0 unspecified atom stereocenters. The van der Waals surface area contributed by atoms with E-state index >= 15 is 0 Å². The second-order valence-electron chi connectivity index (χ2n) is 2.13. The van der Waals surface area contributed by atoms with Crippen LogP contribution < -0.4 is 0 Å². The van der Waals surface area contributed by atoms with Gasteiger partial charge in [0.2, 0.25) is 0 Å². The lowest BCUT2D eigenvalue weighted by Gasteiger charge is -1.94. The van der Waals surface area contributed by atoms with E-state index in [0.717, 1.165) is 12.6 Å². The van der Waals surface area contributed by atoms with Gasteiger partial charge in [-0.1, -0.05) is 6.92 Å². The number of nitrogens with zero attached hydrogens (tertiary/aromatic N) is 3. The normalized spacial score (nSPS) is 10.4. The quantitative estimate of drug-likeness (QED) is 0.686. The molecule has 1 aromatic rings. The van der Waals surface area contributed by atoms with Crippen molar-refractivity contribution in [1.29, 1.82) is 5.41 Å². The summed E-state index contributed by atoms with van der Waals surface area (Å²) in [5.41, 5.74) is 0.502. The van der Waals surface area contributed by atoms with Crippen LogP contribution in [0.3, 0.4) is 0 Å². The van der Waals surface area contributed by atoms with Gasteiger partial charge in [-0.15, -0.1) is 0 Å². The van der Waals surface area contributed by atoms with Crippen LogP contribution in [-0.4, -0.2) is 22.4 Å². The highest BCUT2D eigenvalue weighted by molar-refractivity contribution is 5.81. The fourth-order valence-electron chi connectivity index (χ4n) is 0.720. The molecule has 0 aliphatic heterocycles. The molecule has 4 nitrogen and oxygen atoms in total. The third kappa shape index (κ3) is 1.95.